The Morgan fingerprint density at radius 1 is 1.35 bits per heavy atom. The molecule has 96 valence electrons. The normalized spacial score (nSPS) is 15.6. The molecule has 1 aromatic heterocycles. The zero-order chi connectivity index (χ0) is 13.1. The number of nitrogens with zero attached hydrogens (tertiary/aromatic N) is 1. The van der Waals surface area contributed by atoms with E-state index in [0.717, 1.165) is 18.7 Å². The minimum absolute atomic E-state index is 0.0759. The van der Waals surface area contributed by atoms with E-state index in [2.05, 4.69) is 4.98 Å². The molecule has 1 rings (SSSR count). The molecule has 0 saturated carbocycles. The van der Waals surface area contributed by atoms with Crippen molar-refractivity contribution in [2.45, 2.75) is 42.8 Å². The van der Waals surface area contributed by atoms with Crippen molar-refractivity contribution < 1.29 is 13.2 Å². The summed E-state index contributed by atoms with van der Waals surface area (Å²) < 4.78 is 36.9. The Bertz CT molecular complexity index is 349. The first kappa shape index (κ1) is 14.3. The molecule has 0 spiro atoms. The van der Waals surface area contributed by atoms with Crippen LogP contribution in [0, 0.1) is 0 Å². The molecule has 0 amide bonds. The molecule has 2 unspecified atom stereocenters. The van der Waals surface area contributed by atoms with Gasteiger partial charge in [0.25, 0.3) is 0 Å². The van der Waals surface area contributed by atoms with Crippen molar-refractivity contribution in [1.82, 2.24) is 4.98 Å². The number of aromatic nitrogens is 1. The summed E-state index contributed by atoms with van der Waals surface area (Å²) in [5, 5.41) is 0.824. The molecule has 1 aromatic rings. The maximum absolute atomic E-state index is 12.3. The number of alkyl halides is 3. The Balaban J connectivity index is 2.63. The third-order valence-electron chi connectivity index (χ3n) is 2.09. The van der Waals surface area contributed by atoms with Crippen LogP contribution in [0.1, 0.15) is 25.8 Å². The van der Waals surface area contributed by atoms with E-state index in [1.54, 1.807) is 0 Å². The van der Waals surface area contributed by atoms with Crippen molar-refractivity contribution in [3.63, 3.8) is 0 Å². The van der Waals surface area contributed by atoms with Crippen LogP contribution in [0.5, 0.6) is 0 Å². The van der Waals surface area contributed by atoms with E-state index in [1.807, 2.05) is 13.8 Å². The maximum Gasteiger partial charge on any atom is 0.417 e. The lowest BCUT2D eigenvalue weighted by atomic mass is 10.2. The predicted octanol–water partition coefficient (Wildman–Crippen LogP) is 3.32. The molecule has 0 aliphatic carbocycles. The molecular formula is C11H15F3N2S. The minimum Gasteiger partial charge on any atom is -0.328 e. The molecule has 0 aromatic carbocycles. The highest BCUT2D eigenvalue weighted by atomic mass is 32.2. The Morgan fingerprint density at radius 2 is 2.00 bits per heavy atom. The van der Waals surface area contributed by atoms with Gasteiger partial charge in [-0.05, 0) is 25.5 Å². The van der Waals surface area contributed by atoms with E-state index in [0.29, 0.717) is 5.03 Å². The summed E-state index contributed by atoms with van der Waals surface area (Å²) in [5.74, 6) is 0. The summed E-state index contributed by atoms with van der Waals surface area (Å²) in [7, 11) is 0. The van der Waals surface area contributed by atoms with Gasteiger partial charge in [-0.15, -0.1) is 11.8 Å². The second-order valence-electron chi connectivity index (χ2n) is 4.02. The number of hydrogen-bond donors (Lipinski definition) is 1. The Morgan fingerprint density at radius 3 is 2.41 bits per heavy atom. The van der Waals surface area contributed by atoms with Crippen molar-refractivity contribution in [3.8, 4) is 0 Å². The van der Waals surface area contributed by atoms with Crippen molar-refractivity contribution >= 4 is 11.8 Å². The van der Waals surface area contributed by atoms with Gasteiger partial charge in [-0.3, -0.25) is 0 Å². The lowest BCUT2D eigenvalue weighted by Gasteiger charge is -2.13. The van der Waals surface area contributed by atoms with E-state index in [-0.39, 0.29) is 11.3 Å². The molecule has 2 atom stereocenters. The monoisotopic (exact) mass is 264 g/mol. The van der Waals surface area contributed by atoms with Crippen LogP contribution in [0.4, 0.5) is 13.2 Å². The molecule has 2 N–H and O–H groups in total. The van der Waals surface area contributed by atoms with E-state index in [9.17, 15) is 13.2 Å². The van der Waals surface area contributed by atoms with Crippen LogP contribution in [-0.2, 0) is 6.18 Å². The molecule has 0 radical (unpaired) electrons. The maximum atomic E-state index is 12.3. The highest BCUT2D eigenvalue weighted by Gasteiger charge is 2.30. The fourth-order valence-electron chi connectivity index (χ4n) is 1.40. The lowest BCUT2D eigenvalue weighted by Crippen LogP contribution is -2.19. The van der Waals surface area contributed by atoms with Crippen molar-refractivity contribution in [2.24, 2.45) is 5.73 Å². The number of pyridine rings is 1. The van der Waals surface area contributed by atoms with Crippen molar-refractivity contribution in [2.75, 3.05) is 0 Å². The summed E-state index contributed by atoms with van der Waals surface area (Å²) in [5.41, 5.74) is 4.93. The van der Waals surface area contributed by atoms with E-state index in [1.165, 1.54) is 17.8 Å². The highest BCUT2D eigenvalue weighted by Crippen LogP contribution is 2.30. The van der Waals surface area contributed by atoms with Crippen molar-refractivity contribution in [3.05, 3.63) is 23.9 Å². The van der Waals surface area contributed by atoms with Gasteiger partial charge in [0, 0.05) is 17.5 Å². The Labute approximate surface area is 103 Å². The zero-order valence-corrected chi connectivity index (χ0v) is 10.5. The fraction of sp³-hybridized carbons (Fsp3) is 0.545. The molecule has 0 aliphatic heterocycles. The molecular weight excluding hydrogens is 249 g/mol. The zero-order valence-electron chi connectivity index (χ0n) is 9.66. The van der Waals surface area contributed by atoms with Gasteiger partial charge < -0.3 is 5.73 Å². The molecule has 1 heterocycles. The molecule has 0 aliphatic rings. The quantitative estimate of drug-likeness (QED) is 0.848. The van der Waals surface area contributed by atoms with Gasteiger partial charge in [-0.25, -0.2) is 4.98 Å². The van der Waals surface area contributed by atoms with Crippen LogP contribution in [0.3, 0.4) is 0 Å². The molecule has 0 bridgehead atoms. The third-order valence-corrected chi connectivity index (χ3v) is 3.17. The van der Waals surface area contributed by atoms with Crippen LogP contribution in [0.15, 0.2) is 23.4 Å². The van der Waals surface area contributed by atoms with E-state index >= 15 is 0 Å². The van der Waals surface area contributed by atoms with E-state index in [4.69, 9.17) is 5.73 Å². The smallest absolute Gasteiger partial charge is 0.328 e. The third kappa shape index (κ3) is 4.95. The van der Waals surface area contributed by atoms with Gasteiger partial charge in [0.2, 0.25) is 0 Å². The average molecular weight is 264 g/mol. The van der Waals surface area contributed by atoms with Crippen LogP contribution in [-0.4, -0.2) is 16.3 Å². The summed E-state index contributed by atoms with van der Waals surface area (Å²) in [4.78, 5) is 3.79. The Hall–Kier alpha value is -0.750. The molecule has 17 heavy (non-hydrogen) atoms. The predicted molar refractivity (Wildman–Crippen MR) is 62.8 cm³/mol. The number of nitrogens with two attached hydrogens (primary N) is 1. The standard InChI is InChI=1S/C11H15F3N2S/c1-7(15)5-8(2)17-10-4-3-9(6-16-10)11(12,13)14/h3-4,6-8H,5,15H2,1-2H3. The van der Waals surface area contributed by atoms with Crippen LogP contribution in [0.25, 0.3) is 0 Å². The first-order valence-corrected chi connectivity index (χ1v) is 6.12. The van der Waals surface area contributed by atoms with Crippen LogP contribution in [0.2, 0.25) is 0 Å². The first-order valence-electron chi connectivity index (χ1n) is 5.24. The lowest BCUT2D eigenvalue weighted by molar-refractivity contribution is -0.137. The van der Waals surface area contributed by atoms with Gasteiger partial charge in [-0.1, -0.05) is 6.92 Å². The average Bonchev–Trinajstić information content (AvgIpc) is 2.15. The topological polar surface area (TPSA) is 38.9 Å². The summed E-state index contributed by atoms with van der Waals surface area (Å²) in [6.45, 7) is 3.88. The van der Waals surface area contributed by atoms with Gasteiger partial charge in [0.1, 0.15) is 0 Å². The van der Waals surface area contributed by atoms with Crippen LogP contribution < -0.4 is 5.73 Å². The first-order chi connectivity index (χ1) is 7.79. The van der Waals surface area contributed by atoms with Crippen LogP contribution >= 0.6 is 11.8 Å². The van der Waals surface area contributed by atoms with Gasteiger partial charge in [0.15, 0.2) is 0 Å². The second-order valence-corrected chi connectivity index (χ2v) is 5.48. The minimum atomic E-state index is -4.33. The SMILES string of the molecule is CC(N)CC(C)Sc1ccc(C(F)(F)F)cn1. The molecule has 0 fully saturated rings. The molecule has 2 nitrogen and oxygen atoms in total. The second kappa shape index (κ2) is 5.73. The number of thioether (sulfide) groups is 1. The number of hydrogen-bond acceptors (Lipinski definition) is 3. The number of halogens is 3. The van der Waals surface area contributed by atoms with Gasteiger partial charge >= 0.3 is 6.18 Å². The highest BCUT2D eigenvalue weighted by molar-refractivity contribution is 7.99. The van der Waals surface area contributed by atoms with E-state index < -0.39 is 11.7 Å². The van der Waals surface area contributed by atoms with Crippen molar-refractivity contribution in [1.29, 1.82) is 0 Å². The molecule has 6 heteroatoms. The molecule has 0 saturated heterocycles. The summed E-state index contributed by atoms with van der Waals surface area (Å²) in [6, 6.07) is 2.52. The summed E-state index contributed by atoms with van der Waals surface area (Å²) >= 11 is 1.43. The number of rotatable bonds is 4. The largest absolute Gasteiger partial charge is 0.417 e. The summed E-state index contributed by atoms with van der Waals surface area (Å²) in [6.07, 6.45) is -2.66. The Kier molecular flexibility index (Phi) is 4.82. The van der Waals surface area contributed by atoms with Gasteiger partial charge in [0.05, 0.1) is 10.6 Å². The van der Waals surface area contributed by atoms with Gasteiger partial charge in [-0.2, -0.15) is 13.2 Å². The fourth-order valence-corrected chi connectivity index (χ4v) is 2.47.